The van der Waals surface area contributed by atoms with Crippen molar-refractivity contribution in [1.82, 2.24) is 10.2 Å². The van der Waals surface area contributed by atoms with Crippen LogP contribution in [0.4, 0.5) is 28.4 Å². The van der Waals surface area contributed by atoms with E-state index in [4.69, 9.17) is 15.7 Å². The van der Waals surface area contributed by atoms with Gasteiger partial charge in [0.05, 0.1) is 29.7 Å². The summed E-state index contributed by atoms with van der Waals surface area (Å²) < 4.78 is 0. The van der Waals surface area contributed by atoms with Gasteiger partial charge in [-0.25, -0.2) is 4.99 Å². The third kappa shape index (κ3) is 7.49. The van der Waals surface area contributed by atoms with Crippen molar-refractivity contribution in [3.63, 3.8) is 0 Å². The van der Waals surface area contributed by atoms with Crippen LogP contribution >= 0.6 is 0 Å². The lowest BCUT2D eigenvalue weighted by atomic mass is 9.90. The summed E-state index contributed by atoms with van der Waals surface area (Å²) in [6.45, 7) is 2.85. The Morgan fingerprint density at radius 1 is 0.925 bits per heavy atom. The Labute approximate surface area is 310 Å². The molecule has 4 aliphatic heterocycles. The fraction of sp³-hybridized carbons (Fsp3) is 0.390. The van der Waals surface area contributed by atoms with E-state index in [-0.39, 0.29) is 36.2 Å². The molecule has 0 spiro atoms. The number of nitrogens with one attached hydrogen (secondary N) is 4. The van der Waals surface area contributed by atoms with Gasteiger partial charge < -0.3 is 31.5 Å². The summed E-state index contributed by atoms with van der Waals surface area (Å²) >= 11 is 0. The van der Waals surface area contributed by atoms with Crippen molar-refractivity contribution in [1.29, 1.82) is 0 Å². The van der Waals surface area contributed by atoms with E-state index in [1.54, 1.807) is 11.1 Å². The number of anilines is 4. The molecule has 5 aliphatic rings. The number of para-hydroxylation sites is 2. The highest BCUT2D eigenvalue weighted by atomic mass is 16.2. The predicted octanol–water partition coefficient (Wildman–Crippen LogP) is 5.36. The molecule has 0 radical (unpaired) electrons. The average molecular weight is 714 g/mol. The highest BCUT2D eigenvalue weighted by Crippen LogP contribution is 2.35. The van der Waals surface area contributed by atoms with Crippen LogP contribution in [0.5, 0.6) is 0 Å². The Balaban J connectivity index is 0.846. The summed E-state index contributed by atoms with van der Waals surface area (Å²) in [4.78, 5) is 51.4. The molecule has 3 fully saturated rings. The molecule has 53 heavy (non-hydrogen) atoms. The number of nitrogens with two attached hydrogens (primary N) is 1. The Morgan fingerprint density at radius 3 is 2.57 bits per heavy atom. The first kappa shape index (κ1) is 34.4. The van der Waals surface area contributed by atoms with Crippen LogP contribution in [-0.2, 0) is 16.1 Å². The molecule has 12 nitrogen and oxygen atoms in total. The third-order valence-electron chi connectivity index (χ3n) is 11.2. The third-order valence-corrected chi connectivity index (χ3v) is 11.2. The molecule has 12 heteroatoms. The molecule has 3 aromatic carbocycles. The van der Waals surface area contributed by atoms with Crippen LogP contribution in [-0.4, -0.2) is 78.3 Å². The molecule has 2 saturated heterocycles. The van der Waals surface area contributed by atoms with Gasteiger partial charge in [0.25, 0.3) is 5.91 Å². The predicted molar refractivity (Wildman–Crippen MR) is 210 cm³/mol. The molecule has 1 saturated carbocycles. The van der Waals surface area contributed by atoms with Crippen LogP contribution in [0.1, 0.15) is 67.3 Å². The van der Waals surface area contributed by atoms with Gasteiger partial charge in [0.2, 0.25) is 11.8 Å². The summed E-state index contributed by atoms with van der Waals surface area (Å²) in [6.07, 6.45) is 10.2. The maximum absolute atomic E-state index is 13.3. The maximum Gasteiger partial charge on any atom is 0.255 e. The van der Waals surface area contributed by atoms with E-state index in [2.05, 4.69) is 50.4 Å². The number of hydrogen-bond donors (Lipinski definition) is 5. The van der Waals surface area contributed by atoms with Crippen molar-refractivity contribution in [3.8, 4) is 0 Å². The van der Waals surface area contributed by atoms with E-state index in [9.17, 15) is 14.4 Å². The molecule has 0 bridgehead atoms. The van der Waals surface area contributed by atoms with E-state index in [0.717, 1.165) is 91.2 Å². The number of rotatable bonds is 9. The van der Waals surface area contributed by atoms with Crippen molar-refractivity contribution in [3.05, 3.63) is 89.6 Å². The van der Waals surface area contributed by atoms with Crippen LogP contribution in [0, 0.1) is 0 Å². The Bertz CT molecular complexity index is 1980. The highest BCUT2D eigenvalue weighted by Gasteiger charge is 2.40. The van der Waals surface area contributed by atoms with Gasteiger partial charge in [-0.2, -0.15) is 0 Å². The quantitative estimate of drug-likeness (QED) is 0.147. The van der Waals surface area contributed by atoms with Crippen molar-refractivity contribution >= 4 is 58.1 Å². The van der Waals surface area contributed by atoms with Gasteiger partial charge in [0, 0.05) is 84.3 Å². The van der Waals surface area contributed by atoms with E-state index in [1.807, 2.05) is 48.7 Å². The molecule has 0 aromatic heterocycles. The van der Waals surface area contributed by atoms with Crippen LogP contribution in [0.15, 0.2) is 88.5 Å². The Kier molecular flexibility index (Phi) is 9.84. The number of imide groups is 1. The molecule has 6 N–H and O–H groups in total. The van der Waals surface area contributed by atoms with Crippen molar-refractivity contribution in [2.24, 2.45) is 15.7 Å². The second kappa shape index (κ2) is 15.1. The van der Waals surface area contributed by atoms with Crippen molar-refractivity contribution in [2.45, 2.75) is 82.1 Å². The van der Waals surface area contributed by atoms with Crippen LogP contribution in [0.2, 0.25) is 0 Å². The lowest BCUT2D eigenvalue weighted by Crippen LogP contribution is -2.52. The van der Waals surface area contributed by atoms with Gasteiger partial charge in [0.15, 0.2) is 0 Å². The molecule has 3 aromatic rings. The first-order valence-electron chi connectivity index (χ1n) is 18.9. The van der Waals surface area contributed by atoms with Gasteiger partial charge in [-0.05, 0) is 87.4 Å². The number of amides is 3. The largest absolute Gasteiger partial charge is 0.404 e. The summed E-state index contributed by atoms with van der Waals surface area (Å²) in [6, 6.07) is 22.7. The van der Waals surface area contributed by atoms with Gasteiger partial charge in [-0.15, -0.1) is 0 Å². The summed E-state index contributed by atoms with van der Waals surface area (Å²) in [5.41, 5.74) is 14.6. The van der Waals surface area contributed by atoms with Crippen molar-refractivity contribution in [2.75, 3.05) is 40.5 Å². The van der Waals surface area contributed by atoms with E-state index in [0.29, 0.717) is 31.1 Å². The molecule has 3 amide bonds. The van der Waals surface area contributed by atoms with Crippen molar-refractivity contribution < 1.29 is 14.4 Å². The van der Waals surface area contributed by atoms with Gasteiger partial charge in [-0.3, -0.25) is 24.7 Å². The molecule has 3 atom stereocenters. The SMILES string of the molecule is NC=C(C=NC1CCN(c2cccc(NC3CCCC(Nc4cccc5c4CN(C4CCC(=O)NC4=O)C5=O)C3)c2)CC1)C1=Nc2ccccc2NC1. The monoisotopic (exact) mass is 713 g/mol. The second-order valence-corrected chi connectivity index (χ2v) is 14.7. The fourth-order valence-electron chi connectivity index (χ4n) is 8.34. The average Bonchev–Trinajstić information content (AvgIpc) is 3.52. The van der Waals surface area contributed by atoms with Crippen LogP contribution in [0.25, 0.3) is 0 Å². The van der Waals surface area contributed by atoms with E-state index >= 15 is 0 Å². The first-order valence-corrected chi connectivity index (χ1v) is 18.9. The van der Waals surface area contributed by atoms with Gasteiger partial charge >= 0.3 is 0 Å². The summed E-state index contributed by atoms with van der Waals surface area (Å²) in [7, 11) is 0. The number of carbonyl (C=O) groups is 3. The zero-order valence-corrected chi connectivity index (χ0v) is 29.9. The molecular formula is C41H47N9O3. The minimum Gasteiger partial charge on any atom is -0.404 e. The Morgan fingerprint density at radius 2 is 1.74 bits per heavy atom. The normalized spacial score (nSPS) is 23.6. The van der Waals surface area contributed by atoms with Gasteiger partial charge in [-0.1, -0.05) is 24.3 Å². The lowest BCUT2D eigenvalue weighted by Gasteiger charge is -2.34. The van der Waals surface area contributed by atoms with E-state index < -0.39 is 6.04 Å². The lowest BCUT2D eigenvalue weighted by molar-refractivity contribution is -0.136. The number of aliphatic imine (C=N–C) groups is 2. The smallest absolute Gasteiger partial charge is 0.255 e. The molecule has 3 unspecified atom stereocenters. The second-order valence-electron chi connectivity index (χ2n) is 14.7. The maximum atomic E-state index is 13.3. The minimum atomic E-state index is -0.620. The molecule has 4 heterocycles. The zero-order chi connectivity index (χ0) is 36.3. The molecule has 1 aliphatic carbocycles. The summed E-state index contributed by atoms with van der Waals surface area (Å²) in [5, 5.41) is 13.4. The van der Waals surface area contributed by atoms with Crippen LogP contribution in [0.3, 0.4) is 0 Å². The first-order chi connectivity index (χ1) is 25.9. The molecular weight excluding hydrogens is 667 g/mol. The number of benzene rings is 3. The van der Waals surface area contributed by atoms with Crippen LogP contribution < -0.4 is 31.9 Å². The number of piperidine rings is 2. The Hall–Kier alpha value is -5.65. The number of hydrogen-bond acceptors (Lipinski definition) is 10. The number of nitrogens with zero attached hydrogens (tertiary/aromatic N) is 4. The number of carbonyl (C=O) groups excluding carboxylic acids is 3. The topological polar surface area (TPSA) is 157 Å². The highest BCUT2D eigenvalue weighted by molar-refractivity contribution is 6.19. The minimum absolute atomic E-state index is 0.148. The summed E-state index contributed by atoms with van der Waals surface area (Å²) in [5.74, 6) is -0.815. The molecule has 8 rings (SSSR count). The zero-order valence-electron chi connectivity index (χ0n) is 29.9. The van der Waals surface area contributed by atoms with Gasteiger partial charge in [0.1, 0.15) is 6.04 Å². The fourth-order valence-corrected chi connectivity index (χ4v) is 8.34. The number of fused-ring (bicyclic) bond motifs is 2. The standard InChI is InChI=1S/C41H47N9O3/c42-22-26(37-24-44-35-11-1-2-12-36(35)47-37)23-43-27-16-18-49(19-17-27)31-9-4-8-30(21-31)45-28-6-3-7-29(20-28)46-34-13-5-10-32-33(34)25-50(41(32)53)38-14-15-39(51)48-40(38)52/h1-2,4-5,8-13,21-23,27-29,38,44-46H,3,6-7,14-20,24-25,42H2,(H,48,51,52). The van der Waals surface area contributed by atoms with E-state index in [1.165, 1.54) is 5.69 Å². The molecule has 274 valence electrons.